The van der Waals surface area contributed by atoms with E-state index in [1.54, 1.807) is 31.4 Å². The minimum atomic E-state index is -0.0270. The van der Waals surface area contributed by atoms with Crippen molar-refractivity contribution in [3.05, 3.63) is 47.5 Å². The molecule has 24 heavy (non-hydrogen) atoms. The van der Waals surface area contributed by atoms with E-state index < -0.39 is 0 Å². The molecule has 0 amide bonds. The predicted molar refractivity (Wildman–Crippen MR) is 91.7 cm³/mol. The maximum absolute atomic E-state index is 10.5. The highest BCUT2D eigenvalue weighted by Gasteiger charge is 2.02. The van der Waals surface area contributed by atoms with Crippen LogP contribution < -0.4 is 14.2 Å². The highest BCUT2D eigenvalue weighted by Crippen LogP contribution is 2.22. The van der Waals surface area contributed by atoms with Crippen LogP contribution in [0, 0.1) is 0 Å². The van der Waals surface area contributed by atoms with Gasteiger partial charge in [-0.1, -0.05) is 7.43 Å². The first kappa shape index (κ1) is 21.0. The Bertz CT molecular complexity index is 667. The van der Waals surface area contributed by atoms with Crippen molar-refractivity contribution in [1.82, 2.24) is 0 Å². The summed E-state index contributed by atoms with van der Waals surface area (Å²) in [5.74, 6) is 1.74. The Balaban J connectivity index is 0.000000425. The van der Waals surface area contributed by atoms with Gasteiger partial charge in [0.25, 0.3) is 0 Å². The Hall–Kier alpha value is -3.02. The van der Waals surface area contributed by atoms with Crippen molar-refractivity contribution in [3.8, 4) is 23.0 Å². The van der Waals surface area contributed by atoms with Crippen LogP contribution in [0.5, 0.6) is 23.0 Å². The molecule has 1 N–H and O–H groups in total. The molecule has 0 heterocycles. The topological polar surface area (TPSA) is 82.1 Å². The van der Waals surface area contributed by atoms with Crippen molar-refractivity contribution < 1.29 is 28.9 Å². The van der Waals surface area contributed by atoms with Gasteiger partial charge in [0.2, 0.25) is 0 Å². The van der Waals surface area contributed by atoms with Gasteiger partial charge in [0.15, 0.2) is 12.6 Å². The van der Waals surface area contributed by atoms with Crippen LogP contribution in [-0.2, 0) is 0 Å². The molecule has 2 aromatic rings. The molecule has 0 spiro atoms. The fourth-order valence-corrected chi connectivity index (χ4v) is 1.69. The molecule has 0 saturated heterocycles. The van der Waals surface area contributed by atoms with Gasteiger partial charge in [-0.2, -0.15) is 0 Å². The summed E-state index contributed by atoms with van der Waals surface area (Å²) in [6.07, 6.45) is 1.32. The van der Waals surface area contributed by atoms with Crippen LogP contribution in [0.4, 0.5) is 0 Å². The van der Waals surface area contributed by atoms with E-state index in [0.717, 1.165) is 6.29 Å². The molecule has 2 rings (SSSR count). The summed E-state index contributed by atoms with van der Waals surface area (Å²) < 4.78 is 14.7. The zero-order chi connectivity index (χ0) is 17.2. The van der Waals surface area contributed by atoms with Gasteiger partial charge in [0.1, 0.15) is 23.0 Å². The number of phenolic OH excluding ortho intramolecular Hbond substituents is 1. The first-order valence-corrected chi connectivity index (χ1v) is 6.59. The monoisotopic (exact) mass is 334 g/mol. The van der Waals surface area contributed by atoms with Crippen molar-refractivity contribution in [2.45, 2.75) is 7.43 Å². The number of ether oxygens (including phenoxy) is 3. The number of methoxy groups -OCH3 is 3. The summed E-state index contributed by atoms with van der Waals surface area (Å²) in [6.45, 7) is 0. The Labute approximate surface area is 141 Å². The summed E-state index contributed by atoms with van der Waals surface area (Å²) >= 11 is 0. The van der Waals surface area contributed by atoms with Gasteiger partial charge in [-0.05, 0) is 36.4 Å². The maximum Gasteiger partial charge on any atom is 0.153 e. The molecule has 6 heteroatoms. The summed E-state index contributed by atoms with van der Waals surface area (Å²) in [7, 11) is 4.58. The molecule has 0 bridgehead atoms. The van der Waals surface area contributed by atoms with E-state index in [1.165, 1.54) is 26.4 Å². The average Bonchev–Trinajstić information content (AvgIpc) is 2.62. The standard InChI is InChI=1S/C9H10O3.C8H8O3.CH4/c1-11-8-3-4-9(12-2)7(5-8)6-10;1-11-7-2-3-8(10)6(4-7)5-9;/h3-6H,1-2H3;2-5,10H,1H3;1H4. The molecule has 2 aromatic carbocycles. The van der Waals surface area contributed by atoms with Gasteiger partial charge in [-0.3, -0.25) is 9.59 Å². The first-order chi connectivity index (χ1) is 11.1. The van der Waals surface area contributed by atoms with E-state index in [0.29, 0.717) is 29.1 Å². The van der Waals surface area contributed by atoms with Gasteiger partial charge in [0, 0.05) is 0 Å². The fourth-order valence-electron chi connectivity index (χ4n) is 1.69. The van der Waals surface area contributed by atoms with E-state index in [9.17, 15) is 9.59 Å². The molecule has 0 atom stereocenters. The van der Waals surface area contributed by atoms with Crippen molar-refractivity contribution in [2.24, 2.45) is 0 Å². The van der Waals surface area contributed by atoms with Crippen molar-refractivity contribution in [3.63, 3.8) is 0 Å². The number of hydrogen-bond acceptors (Lipinski definition) is 6. The van der Waals surface area contributed by atoms with E-state index in [1.807, 2.05) is 0 Å². The Morgan fingerprint density at radius 1 is 0.792 bits per heavy atom. The van der Waals surface area contributed by atoms with Crippen LogP contribution in [0.15, 0.2) is 36.4 Å². The Morgan fingerprint density at radius 2 is 1.29 bits per heavy atom. The van der Waals surface area contributed by atoms with E-state index >= 15 is 0 Å². The molecule has 0 aliphatic heterocycles. The molecule has 0 aliphatic carbocycles. The van der Waals surface area contributed by atoms with Gasteiger partial charge >= 0.3 is 0 Å². The highest BCUT2D eigenvalue weighted by molar-refractivity contribution is 5.80. The minimum Gasteiger partial charge on any atom is -0.507 e. The van der Waals surface area contributed by atoms with Gasteiger partial charge in [-0.25, -0.2) is 0 Å². The van der Waals surface area contributed by atoms with E-state index in [-0.39, 0.29) is 18.7 Å². The smallest absolute Gasteiger partial charge is 0.153 e. The Kier molecular flexibility index (Phi) is 9.32. The van der Waals surface area contributed by atoms with Crippen LogP contribution in [0.25, 0.3) is 0 Å². The second-order valence-corrected chi connectivity index (χ2v) is 4.27. The largest absolute Gasteiger partial charge is 0.507 e. The molecule has 0 radical (unpaired) electrons. The lowest BCUT2D eigenvalue weighted by atomic mass is 10.2. The first-order valence-electron chi connectivity index (χ1n) is 6.59. The van der Waals surface area contributed by atoms with Crippen LogP contribution >= 0.6 is 0 Å². The second kappa shape index (κ2) is 10.7. The molecular formula is C18H22O6. The third kappa shape index (κ3) is 5.64. The lowest BCUT2D eigenvalue weighted by Crippen LogP contribution is -1.91. The number of carbonyl (C=O) groups excluding carboxylic acids is 2. The molecule has 0 saturated carbocycles. The SMILES string of the molecule is C.COc1ccc(O)c(C=O)c1.COc1ccc(OC)c(C=O)c1. The van der Waals surface area contributed by atoms with E-state index in [4.69, 9.17) is 19.3 Å². The average molecular weight is 334 g/mol. The molecule has 0 aromatic heterocycles. The normalized spacial score (nSPS) is 8.79. The lowest BCUT2D eigenvalue weighted by molar-refractivity contribution is 0.111. The number of aromatic hydroxyl groups is 1. The fraction of sp³-hybridized carbons (Fsp3) is 0.222. The van der Waals surface area contributed by atoms with Gasteiger partial charge in [0.05, 0.1) is 32.5 Å². The summed E-state index contributed by atoms with van der Waals surface area (Å²) in [6, 6.07) is 9.55. The molecule has 130 valence electrons. The number of phenols is 1. The number of benzene rings is 2. The third-order valence-corrected chi connectivity index (χ3v) is 2.93. The lowest BCUT2D eigenvalue weighted by Gasteiger charge is -2.04. The van der Waals surface area contributed by atoms with Crippen molar-refractivity contribution in [2.75, 3.05) is 21.3 Å². The molecule has 0 fully saturated rings. The van der Waals surface area contributed by atoms with Crippen LogP contribution in [0.1, 0.15) is 28.1 Å². The van der Waals surface area contributed by atoms with Crippen LogP contribution in [0.2, 0.25) is 0 Å². The number of carbonyl (C=O) groups is 2. The predicted octanol–water partition coefficient (Wildman–Crippen LogP) is 3.37. The minimum absolute atomic E-state index is 0. The van der Waals surface area contributed by atoms with Gasteiger partial charge < -0.3 is 19.3 Å². The van der Waals surface area contributed by atoms with E-state index in [2.05, 4.69) is 0 Å². The summed E-state index contributed by atoms with van der Waals surface area (Å²) in [5.41, 5.74) is 0.737. The molecule has 0 unspecified atom stereocenters. The highest BCUT2D eigenvalue weighted by atomic mass is 16.5. The number of rotatable bonds is 5. The zero-order valence-corrected chi connectivity index (χ0v) is 13.1. The molecule has 0 aliphatic rings. The Morgan fingerprint density at radius 3 is 1.75 bits per heavy atom. The van der Waals surface area contributed by atoms with Crippen molar-refractivity contribution in [1.29, 1.82) is 0 Å². The maximum atomic E-state index is 10.5. The van der Waals surface area contributed by atoms with Crippen molar-refractivity contribution >= 4 is 12.6 Å². The van der Waals surface area contributed by atoms with Crippen LogP contribution in [0.3, 0.4) is 0 Å². The number of aldehydes is 2. The number of hydrogen-bond donors (Lipinski definition) is 1. The third-order valence-electron chi connectivity index (χ3n) is 2.93. The summed E-state index contributed by atoms with van der Waals surface area (Å²) in [5, 5.41) is 9.04. The summed E-state index contributed by atoms with van der Waals surface area (Å²) in [4.78, 5) is 20.8. The molecule has 6 nitrogen and oxygen atoms in total. The second-order valence-electron chi connectivity index (χ2n) is 4.27. The van der Waals surface area contributed by atoms with Gasteiger partial charge in [-0.15, -0.1) is 0 Å². The quantitative estimate of drug-likeness (QED) is 0.844. The zero-order valence-electron chi connectivity index (χ0n) is 13.1. The molecular weight excluding hydrogens is 312 g/mol. The van der Waals surface area contributed by atoms with Crippen LogP contribution in [-0.4, -0.2) is 39.0 Å².